The Labute approximate surface area is 72.8 Å². The fourth-order valence-electron chi connectivity index (χ4n) is 0.854. The standard InChI is InChI=1S/C7H8F3N3/c1-12-5-3-2-4(6(11)13-5)7(8,9)10/h2-3H,1H3,(H3,11,12,13). The predicted octanol–water partition coefficient (Wildman–Crippen LogP) is 1.72. The van der Waals surface area contributed by atoms with E-state index in [4.69, 9.17) is 5.73 Å². The summed E-state index contributed by atoms with van der Waals surface area (Å²) in [5.74, 6) is -0.204. The van der Waals surface area contributed by atoms with Crippen LogP contribution in [0.4, 0.5) is 24.8 Å². The molecule has 1 aromatic heterocycles. The van der Waals surface area contributed by atoms with E-state index in [-0.39, 0.29) is 0 Å². The van der Waals surface area contributed by atoms with Crippen LogP contribution in [0.15, 0.2) is 12.1 Å². The van der Waals surface area contributed by atoms with Crippen LogP contribution in [0.5, 0.6) is 0 Å². The van der Waals surface area contributed by atoms with Crippen molar-refractivity contribution in [2.45, 2.75) is 6.18 Å². The predicted molar refractivity (Wildman–Crippen MR) is 43.2 cm³/mol. The van der Waals surface area contributed by atoms with Gasteiger partial charge in [-0.2, -0.15) is 13.2 Å². The molecule has 1 rings (SSSR count). The largest absolute Gasteiger partial charge is 0.419 e. The second-order valence-electron chi connectivity index (χ2n) is 2.38. The van der Waals surface area contributed by atoms with Crippen LogP contribution >= 0.6 is 0 Å². The second kappa shape index (κ2) is 3.12. The van der Waals surface area contributed by atoms with Crippen molar-refractivity contribution in [3.8, 4) is 0 Å². The molecule has 0 aliphatic rings. The number of nitrogen functional groups attached to an aromatic ring is 1. The van der Waals surface area contributed by atoms with Crippen LogP contribution in [-0.2, 0) is 6.18 Å². The third-order valence-corrected chi connectivity index (χ3v) is 1.49. The molecule has 13 heavy (non-hydrogen) atoms. The van der Waals surface area contributed by atoms with Gasteiger partial charge in [-0.15, -0.1) is 0 Å². The Morgan fingerprint density at radius 3 is 2.38 bits per heavy atom. The van der Waals surface area contributed by atoms with E-state index in [0.717, 1.165) is 6.07 Å². The monoisotopic (exact) mass is 191 g/mol. The molecule has 0 spiro atoms. The first-order valence-electron chi connectivity index (χ1n) is 3.46. The van der Waals surface area contributed by atoms with Gasteiger partial charge in [0.2, 0.25) is 0 Å². The number of rotatable bonds is 1. The molecule has 0 unspecified atom stereocenters. The Bertz CT molecular complexity index is 308. The molecule has 0 fully saturated rings. The zero-order valence-electron chi connectivity index (χ0n) is 6.81. The molecule has 0 aliphatic heterocycles. The fourth-order valence-corrected chi connectivity index (χ4v) is 0.854. The van der Waals surface area contributed by atoms with Gasteiger partial charge in [0.15, 0.2) is 0 Å². The van der Waals surface area contributed by atoms with E-state index in [2.05, 4.69) is 10.3 Å². The van der Waals surface area contributed by atoms with Crippen molar-refractivity contribution in [2.24, 2.45) is 0 Å². The molecule has 0 atom stereocenters. The summed E-state index contributed by atoms with van der Waals surface area (Å²) in [7, 11) is 1.55. The van der Waals surface area contributed by atoms with Gasteiger partial charge in [-0.3, -0.25) is 0 Å². The normalized spacial score (nSPS) is 11.4. The average Bonchev–Trinajstić information content (AvgIpc) is 2.01. The summed E-state index contributed by atoms with van der Waals surface area (Å²) in [6, 6.07) is 2.12. The molecular formula is C7H8F3N3. The Hall–Kier alpha value is -1.46. The highest BCUT2D eigenvalue weighted by atomic mass is 19.4. The maximum Gasteiger partial charge on any atom is 0.419 e. The van der Waals surface area contributed by atoms with E-state index in [1.54, 1.807) is 7.05 Å². The fraction of sp³-hybridized carbons (Fsp3) is 0.286. The maximum atomic E-state index is 12.1. The number of pyridine rings is 1. The number of nitrogens with one attached hydrogen (secondary N) is 1. The van der Waals surface area contributed by atoms with Gasteiger partial charge < -0.3 is 11.1 Å². The summed E-state index contributed by atoms with van der Waals surface area (Å²) in [4.78, 5) is 3.50. The molecule has 0 saturated carbocycles. The van der Waals surface area contributed by atoms with Crippen molar-refractivity contribution >= 4 is 11.6 Å². The molecule has 0 radical (unpaired) electrons. The highest BCUT2D eigenvalue weighted by Crippen LogP contribution is 2.32. The lowest BCUT2D eigenvalue weighted by molar-refractivity contribution is -0.137. The lowest BCUT2D eigenvalue weighted by Gasteiger charge is -2.09. The topological polar surface area (TPSA) is 50.9 Å². The number of alkyl halides is 3. The molecule has 0 bridgehead atoms. The minimum absolute atomic E-state index is 0.311. The lowest BCUT2D eigenvalue weighted by Crippen LogP contribution is -2.11. The van der Waals surface area contributed by atoms with E-state index in [0.29, 0.717) is 5.82 Å². The molecule has 72 valence electrons. The van der Waals surface area contributed by atoms with Crippen molar-refractivity contribution in [1.82, 2.24) is 4.98 Å². The molecule has 0 saturated heterocycles. The number of hydrogen-bond donors (Lipinski definition) is 2. The Kier molecular flexibility index (Phi) is 2.31. The van der Waals surface area contributed by atoms with Gasteiger partial charge in [0, 0.05) is 7.05 Å². The van der Waals surface area contributed by atoms with Crippen LogP contribution < -0.4 is 11.1 Å². The van der Waals surface area contributed by atoms with Gasteiger partial charge >= 0.3 is 6.18 Å². The van der Waals surface area contributed by atoms with Crippen LogP contribution in [0.1, 0.15) is 5.56 Å². The first-order valence-corrected chi connectivity index (χ1v) is 3.46. The van der Waals surface area contributed by atoms with Gasteiger partial charge in [-0.1, -0.05) is 0 Å². The molecule has 0 aliphatic carbocycles. The van der Waals surface area contributed by atoms with Crippen LogP contribution in [0.25, 0.3) is 0 Å². The highest BCUT2D eigenvalue weighted by Gasteiger charge is 2.33. The summed E-state index contributed by atoms with van der Waals surface area (Å²) >= 11 is 0. The molecular weight excluding hydrogens is 183 g/mol. The Morgan fingerprint density at radius 1 is 1.38 bits per heavy atom. The first kappa shape index (κ1) is 9.63. The Morgan fingerprint density at radius 2 is 2.00 bits per heavy atom. The van der Waals surface area contributed by atoms with Crippen molar-refractivity contribution in [2.75, 3.05) is 18.1 Å². The van der Waals surface area contributed by atoms with E-state index >= 15 is 0 Å². The molecule has 0 aromatic carbocycles. The molecule has 1 heterocycles. The zero-order chi connectivity index (χ0) is 10.1. The maximum absolute atomic E-state index is 12.1. The van der Waals surface area contributed by atoms with Crippen molar-refractivity contribution < 1.29 is 13.2 Å². The van der Waals surface area contributed by atoms with E-state index in [1.807, 2.05) is 0 Å². The zero-order valence-corrected chi connectivity index (χ0v) is 6.81. The van der Waals surface area contributed by atoms with Crippen molar-refractivity contribution in [3.05, 3.63) is 17.7 Å². The van der Waals surface area contributed by atoms with E-state index in [9.17, 15) is 13.2 Å². The van der Waals surface area contributed by atoms with Gasteiger partial charge in [-0.05, 0) is 12.1 Å². The summed E-state index contributed by atoms with van der Waals surface area (Å²) in [6.07, 6.45) is -4.44. The molecule has 3 nitrogen and oxygen atoms in total. The number of nitrogens with zero attached hydrogens (tertiary/aromatic N) is 1. The van der Waals surface area contributed by atoms with Crippen LogP contribution in [-0.4, -0.2) is 12.0 Å². The minimum Gasteiger partial charge on any atom is -0.383 e. The van der Waals surface area contributed by atoms with Crippen LogP contribution in [0.2, 0.25) is 0 Å². The third kappa shape index (κ3) is 2.01. The van der Waals surface area contributed by atoms with Gasteiger partial charge in [0.25, 0.3) is 0 Å². The van der Waals surface area contributed by atoms with Gasteiger partial charge in [0.05, 0.1) is 5.56 Å². The number of halogens is 3. The van der Waals surface area contributed by atoms with Crippen molar-refractivity contribution in [1.29, 1.82) is 0 Å². The average molecular weight is 191 g/mol. The lowest BCUT2D eigenvalue weighted by atomic mass is 10.2. The number of nitrogens with two attached hydrogens (primary N) is 1. The van der Waals surface area contributed by atoms with Crippen molar-refractivity contribution in [3.63, 3.8) is 0 Å². The summed E-state index contributed by atoms with van der Waals surface area (Å²) in [5.41, 5.74) is 4.20. The quantitative estimate of drug-likeness (QED) is 0.710. The molecule has 1 aromatic rings. The summed E-state index contributed by atoms with van der Waals surface area (Å²) in [5, 5.41) is 2.59. The summed E-state index contributed by atoms with van der Waals surface area (Å²) < 4.78 is 36.4. The molecule has 6 heteroatoms. The summed E-state index contributed by atoms with van der Waals surface area (Å²) in [6.45, 7) is 0. The molecule has 3 N–H and O–H groups in total. The Balaban J connectivity index is 3.13. The minimum atomic E-state index is -4.44. The SMILES string of the molecule is CNc1ccc(C(F)(F)F)c(N)n1. The van der Waals surface area contributed by atoms with E-state index < -0.39 is 17.6 Å². The van der Waals surface area contributed by atoms with Gasteiger partial charge in [0.1, 0.15) is 11.6 Å². The third-order valence-electron chi connectivity index (χ3n) is 1.49. The van der Waals surface area contributed by atoms with Gasteiger partial charge in [-0.25, -0.2) is 4.98 Å². The second-order valence-corrected chi connectivity index (χ2v) is 2.38. The number of aromatic nitrogens is 1. The smallest absolute Gasteiger partial charge is 0.383 e. The molecule has 0 amide bonds. The van der Waals surface area contributed by atoms with Crippen LogP contribution in [0, 0.1) is 0 Å². The number of hydrogen-bond acceptors (Lipinski definition) is 3. The number of anilines is 2. The van der Waals surface area contributed by atoms with Crippen LogP contribution in [0.3, 0.4) is 0 Å². The first-order chi connectivity index (χ1) is 5.95. The van der Waals surface area contributed by atoms with E-state index in [1.165, 1.54) is 6.07 Å². The highest BCUT2D eigenvalue weighted by molar-refractivity contribution is 5.49.